The lowest BCUT2D eigenvalue weighted by molar-refractivity contribution is 0.0697. The highest BCUT2D eigenvalue weighted by molar-refractivity contribution is 5.92. The molecule has 0 saturated carbocycles. The smallest absolute Gasteiger partial charge is 0.335 e. The van der Waals surface area contributed by atoms with E-state index in [1.807, 2.05) is 31.2 Å². The second-order valence-electron chi connectivity index (χ2n) is 4.52. The number of carboxylic acids is 1. The van der Waals surface area contributed by atoms with Gasteiger partial charge in [0.15, 0.2) is 0 Å². The molecule has 2 rings (SSSR count). The summed E-state index contributed by atoms with van der Waals surface area (Å²) in [5.74, 6) is -0.282. The Morgan fingerprint density at radius 1 is 1.18 bits per heavy atom. The van der Waals surface area contributed by atoms with Gasteiger partial charge in [0, 0.05) is 5.56 Å². The van der Waals surface area contributed by atoms with Crippen LogP contribution in [0.25, 0.3) is 11.6 Å². The first-order valence-electron chi connectivity index (χ1n) is 6.83. The van der Waals surface area contributed by atoms with Gasteiger partial charge in [-0.15, -0.1) is 0 Å². The van der Waals surface area contributed by atoms with Gasteiger partial charge in [0.1, 0.15) is 5.75 Å². The summed E-state index contributed by atoms with van der Waals surface area (Å²) in [6.07, 6.45) is 1.74. The molecule has 110 valence electrons. The van der Waals surface area contributed by atoms with Crippen LogP contribution in [0.3, 0.4) is 0 Å². The van der Waals surface area contributed by atoms with Crippen LogP contribution in [0.4, 0.5) is 0 Å². The van der Waals surface area contributed by atoms with Crippen LogP contribution < -0.4 is 4.74 Å². The zero-order chi connectivity index (χ0) is 15.9. The predicted molar refractivity (Wildman–Crippen MR) is 84.5 cm³/mol. The highest BCUT2D eigenvalue weighted by Crippen LogP contribution is 2.24. The van der Waals surface area contributed by atoms with Crippen molar-refractivity contribution in [3.8, 4) is 11.8 Å². The van der Waals surface area contributed by atoms with Crippen molar-refractivity contribution < 1.29 is 14.6 Å². The van der Waals surface area contributed by atoms with Crippen LogP contribution in [0.5, 0.6) is 5.75 Å². The SMILES string of the molecule is CCOc1ccccc1C=C(C#N)c1ccc(C(=O)O)cc1. The van der Waals surface area contributed by atoms with Gasteiger partial charge in [0.2, 0.25) is 0 Å². The second-order valence-corrected chi connectivity index (χ2v) is 4.52. The van der Waals surface area contributed by atoms with Crippen molar-refractivity contribution in [2.75, 3.05) is 6.61 Å². The van der Waals surface area contributed by atoms with Gasteiger partial charge < -0.3 is 9.84 Å². The molecule has 4 heteroatoms. The molecule has 0 heterocycles. The summed E-state index contributed by atoms with van der Waals surface area (Å²) in [5, 5.41) is 18.3. The molecule has 1 N–H and O–H groups in total. The van der Waals surface area contributed by atoms with E-state index in [1.54, 1.807) is 18.2 Å². The van der Waals surface area contributed by atoms with Gasteiger partial charge in [-0.05, 0) is 36.8 Å². The fourth-order valence-corrected chi connectivity index (χ4v) is 2.01. The molecular weight excluding hydrogens is 278 g/mol. The molecule has 0 aliphatic heterocycles. The van der Waals surface area contributed by atoms with E-state index in [9.17, 15) is 10.1 Å². The van der Waals surface area contributed by atoms with Crippen molar-refractivity contribution in [1.82, 2.24) is 0 Å². The first-order chi connectivity index (χ1) is 10.7. The van der Waals surface area contributed by atoms with E-state index < -0.39 is 5.97 Å². The summed E-state index contributed by atoms with van der Waals surface area (Å²) in [4.78, 5) is 10.9. The number of hydrogen-bond acceptors (Lipinski definition) is 3. The Balaban J connectivity index is 2.40. The largest absolute Gasteiger partial charge is 0.493 e. The van der Waals surface area contributed by atoms with Gasteiger partial charge in [-0.3, -0.25) is 0 Å². The fraction of sp³-hybridized carbons (Fsp3) is 0.111. The molecule has 0 bridgehead atoms. The molecule has 0 amide bonds. The monoisotopic (exact) mass is 293 g/mol. The lowest BCUT2D eigenvalue weighted by Gasteiger charge is -2.07. The lowest BCUT2D eigenvalue weighted by atomic mass is 10.0. The number of para-hydroxylation sites is 1. The van der Waals surface area contributed by atoms with Crippen molar-refractivity contribution in [2.45, 2.75) is 6.92 Å². The molecule has 0 aliphatic rings. The minimum absolute atomic E-state index is 0.191. The summed E-state index contributed by atoms with van der Waals surface area (Å²) < 4.78 is 5.54. The summed E-state index contributed by atoms with van der Waals surface area (Å²) >= 11 is 0. The van der Waals surface area contributed by atoms with Crippen LogP contribution in [0.15, 0.2) is 48.5 Å². The molecule has 0 spiro atoms. The molecular formula is C18H15NO3. The van der Waals surface area contributed by atoms with Crippen LogP contribution in [-0.4, -0.2) is 17.7 Å². The summed E-state index contributed by atoms with van der Waals surface area (Å²) in [6.45, 7) is 2.44. The number of rotatable bonds is 5. The van der Waals surface area contributed by atoms with Crippen LogP contribution in [0.2, 0.25) is 0 Å². The van der Waals surface area contributed by atoms with E-state index in [-0.39, 0.29) is 5.56 Å². The first-order valence-corrected chi connectivity index (χ1v) is 6.83. The molecule has 4 nitrogen and oxygen atoms in total. The Morgan fingerprint density at radius 3 is 2.41 bits per heavy atom. The topological polar surface area (TPSA) is 70.3 Å². The number of carboxylic acid groups (broad SMARTS) is 1. The molecule has 0 aromatic heterocycles. The average Bonchev–Trinajstić information content (AvgIpc) is 2.54. The molecule has 0 atom stereocenters. The summed E-state index contributed by atoms with van der Waals surface area (Å²) in [5.41, 5.74) is 2.11. The number of hydrogen-bond donors (Lipinski definition) is 1. The molecule has 2 aromatic rings. The van der Waals surface area contributed by atoms with E-state index >= 15 is 0 Å². The maximum Gasteiger partial charge on any atom is 0.335 e. The number of ether oxygens (including phenoxy) is 1. The highest BCUT2D eigenvalue weighted by Gasteiger charge is 2.07. The maximum absolute atomic E-state index is 10.9. The number of nitriles is 1. The normalized spacial score (nSPS) is 10.8. The Labute approximate surface area is 128 Å². The Morgan fingerprint density at radius 2 is 1.82 bits per heavy atom. The fourth-order valence-electron chi connectivity index (χ4n) is 2.01. The summed E-state index contributed by atoms with van der Waals surface area (Å²) in [7, 11) is 0. The van der Waals surface area contributed by atoms with E-state index in [0.717, 1.165) is 5.56 Å². The number of nitrogens with zero attached hydrogens (tertiary/aromatic N) is 1. The first kappa shape index (κ1) is 15.3. The maximum atomic E-state index is 10.9. The van der Waals surface area contributed by atoms with E-state index in [2.05, 4.69) is 6.07 Å². The summed E-state index contributed by atoms with van der Waals surface area (Å²) in [6, 6.07) is 15.8. The van der Waals surface area contributed by atoms with Crippen molar-refractivity contribution >= 4 is 17.6 Å². The predicted octanol–water partition coefficient (Wildman–Crippen LogP) is 3.85. The standard InChI is InChI=1S/C18H15NO3/c1-2-22-17-6-4-3-5-15(17)11-16(12-19)13-7-9-14(10-8-13)18(20)21/h3-11H,2H2,1H3,(H,20,21). The minimum atomic E-state index is -0.990. The van der Waals surface area contributed by atoms with Crippen molar-refractivity contribution in [2.24, 2.45) is 0 Å². The van der Waals surface area contributed by atoms with Gasteiger partial charge in [0.25, 0.3) is 0 Å². The Kier molecular flexibility index (Phi) is 4.94. The number of benzene rings is 2. The molecule has 0 aliphatic carbocycles. The molecule has 0 fully saturated rings. The molecule has 2 aromatic carbocycles. The van der Waals surface area contributed by atoms with Crippen LogP contribution in [-0.2, 0) is 0 Å². The Hall–Kier alpha value is -3.06. The highest BCUT2D eigenvalue weighted by atomic mass is 16.5. The van der Waals surface area contributed by atoms with Gasteiger partial charge in [-0.1, -0.05) is 30.3 Å². The second kappa shape index (κ2) is 7.09. The third kappa shape index (κ3) is 3.53. The van der Waals surface area contributed by atoms with Gasteiger partial charge >= 0.3 is 5.97 Å². The van der Waals surface area contributed by atoms with Crippen molar-refractivity contribution in [3.63, 3.8) is 0 Å². The van der Waals surface area contributed by atoms with Crippen LogP contribution >= 0.6 is 0 Å². The number of carbonyl (C=O) groups is 1. The van der Waals surface area contributed by atoms with E-state index in [4.69, 9.17) is 9.84 Å². The molecule has 0 saturated heterocycles. The van der Waals surface area contributed by atoms with Crippen LogP contribution in [0, 0.1) is 11.3 Å². The average molecular weight is 293 g/mol. The quantitative estimate of drug-likeness (QED) is 0.671. The molecule has 0 unspecified atom stereocenters. The van der Waals surface area contributed by atoms with Gasteiger partial charge in [0.05, 0.1) is 23.8 Å². The Bertz CT molecular complexity index is 740. The molecule has 22 heavy (non-hydrogen) atoms. The van der Waals surface area contributed by atoms with Crippen LogP contribution in [0.1, 0.15) is 28.4 Å². The van der Waals surface area contributed by atoms with Gasteiger partial charge in [-0.25, -0.2) is 4.79 Å². The van der Waals surface area contributed by atoms with Gasteiger partial charge in [-0.2, -0.15) is 5.26 Å². The minimum Gasteiger partial charge on any atom is -0.493 e. The zero-order valence-corrected chi connectivity index (χ0v) is 12.1. The van der Waals surface area contributed by atoms with Crippen molar-refractivity contribution in [3.05, 3.63) is 65.2 Å². The molecule has 0 radical (unpaired) electrons. The number of allylic oxidation sites excluding steroid dienone is 1. The van der Waals surface area contributed by atoms with Crippen molar-refractivity contribution in [1.29, 1.82) is 5.26 Å². The van der Waals surface area contributed by atoms with E-state index in [0.29, 0.717) is 23.5 Å². The zero-order valence-electron chi connectivity index (χ0n) is 12.1. The third-order valence-electron chi connectivity index (χ3n) is 3.08. The third-order valence-corrected chi connectivity index (χ3v) is 3.08. The van der Waals surface area contributed by atoms with E-state index in [1.165, 1.54) is 12.1 Å². The number of aromatic carboxylic acids is 1. The lowest BCUT2D eigenvalue weighted by Crippen LogP contribution is -1.96.